The van der Waals surface area contributed by atoms with E-state index in [1.807, 2.05) is 0 Å². The Balaban J connectivity index is 1.77. The van der Waals surface area contributed by atoms with Crippen LogP contribution in [-0.2, 0) is 0 Å². The van der Waals surface area contributed by atoms with E-state index >= 15 is 0 Å². The van der Waals surface area contributed by atoms with Gasteiger partial charge in [0.2, 0.25) is 0 Å². The van der Waals surface area contributed by atoms with Crippen LogP contribution in [0, 0.1) is 11.3 Å². The smallest absolute Gasteiger partial charge is 0.252 e. The molecule has 3 N–H and O–H groups in total. The first-order valence-corrected chi connectivity index (χ1v) is 8.46. The molecule has 0 saturated heterocycles. The molecule has 1 fully saturated rings. The van der Waals surface area contributed by atoms with Crippen LogP contribution in [0.2, 0.25) is 0 Å². The van der Waals surface area contributed by atoms with Crippen molar-refractivity contribution >= 4 is 22.6 Å². The average Bonchev–Trinajstić information content (AvgIpc) is 3.30. The number of hydrogen-bond donors (Lipinski definition) is 2. The highest BCUT2D eigenvalue weighted by Gasteiger charge is 2.19. The van der Waals surface area contributed by atoms with Crippen molar-refractivity contribution in [3.05, 3.63) is 41.9 Å². The number of pyridine rings is 2. The molecule has 1 amide bonds. The topological polar surface area (TPSA) is 123 Å². The highest BCUT2D eigenvalue weighted by atomic mass is 16.1. The van der Waals surface area contributed by atoms with Gasteiger partial charge in [-0.05, 0) is 18.9 Å². The van der Waals surface area contributed by atoms with Crippen LogP contribution < -0.4 is 11.1 Å². The summed E-state index contributed by atoms with van der Waals surface area (Å²) in [5.41, 5.74) is 7.58. The lowest BCUT2D eigenvalue weighted by molar-refractivity contribution is 0.100. The van der Waals surface area contributed by atoms with Crippen LogP contribution in [-0.4, -0.2) is 31.7 Å². The van der Waals surface area contributed by atoms with E-state index in [9.17, 15) is 4.79 Å². The van der Waals surface area contributed by atoms with Gasteiger partial charge >= 0.3 is 0 Å². The highest BCUT2D eigenvalue weighted by Crippen LogP contribution is 2.26. The molecular formula is C18H17N7O. The lowest BCUT2D eigenvalue weighted by atomic mass is 10.1. The number of anilines is 1. The predicted molar refractivity (Wildman–Crippen MR) is 95.8 cm³/mol. The van der Waals surface area contributed by atoms with Crippen molar-refractivity contribution in [2.24, 2.45) is 5.73 Å². The quantitative estimate of drug-likeness (QED) is 0.745. The summed E-state index contributed by atoms with van der Waals surface area (Å²) in [6, 6.07) is 5.88. The van der Waals surface area contributed by atoms with Gasteiger partial charge in [-0.1, -0.05) is 12.8 Å². The Kier molecular flexibility index (Phi) is 3.97. The fraction of sp³-hybridized carbons (Fsp3) is 0.278. The number of nitrogens with two attached hydrogens (primary N) is 1. The summed E-state index contributed by atoms with van der Waals surface area (Å²) < 4.78 is 1.58. The van der Waals surface area contributed by atoms with Crippen molar-refractivity contribution in [3.63, 3.8) is 0 Å². The zero-order chi connectivity index (χ0) is 18.1. The number of rotatable bonds is 4. The molecule has 1 aliphatic carbocycles. The van der Waals surface area contributed by atoms with Crippen LogP contribution in [0.3, 0.4) is 0 Å². The summed E-state index contributed by atoms with van der Waals surface area (Å²) >= 11 is 0. The molecule has 26 heavy (non-hydrogen) atoms. The number of aromatic nitrogens is 4. The average molecular weight is 347 g/mol. The van der Waals surface area contributed by atoms with E-state index in [0.29, 0.717) is 34.3 Å². The first kappa shape index (κ1) is 16.0. The summed E-state index contributed by atoms with van der Waals surface area (Å²) in [5.74, 6) is 0.00867. The summed E-state index contributed by atoms with van der Waals surface area (Å²) in [6.45, 7) is 0. The van der Waals surface area contributed by atoms with Crippen LogP contribution >= 0.6 is 0 Å². The number of nitrogens with one attached hydrogen (secondary N) is 1. The Morgan fingerprint density at radius 1 is 1.23 bits per heavy atom. The second kappa shape index (κ2) is 6.44. The van der Waals surface area contributed by atoms with Gasteiger partial charge in [0, 0.05) is 29.9 Å². The number of fused-ring (bicyclic) bond motifs is 1. The van der Waals surface area contributed by atoms with Crippen molar-refractivity contribution in [2.75, 3.05) is 5.32 Å². The molecule has 3 aromatic heterocycles. The number of carbonyl (C=O) groups excluding carboxylic acids is 1. The summed E-state index contributed by atoms with van der Waals surface area (Å²) in [4.78, 5) is 20.4. The van der Waals surface area contributed by atoms with Crippen molar-refractivity contribution in [1.82, 2.24) is 19.7 Å². The number of nitrogens with zero attached hydrogens (tertiary/aromatic N) is 5. The molecule has 1 aliphatic rings. The first-order chi connectivity index (χ1) is 12.7. The summed E-state index contributed by atoms with van der Waals surface area (Å²) in [7, 11) is 0. The number of primary amides is 1. The SMILES string of the molecule is N#Cc1cnc2c(cnn2-c2cc(NC3CCCC3)c(C(N)=O)cn2)c1. The number of nitriles is 1. The Bertz CT molecular complexity index is 1030. The standard InChI is InChI=1S/C18H17N7O/c19-7-11-5-12-9-23-25(18(12)22-8-11)16-6-15(14(10-21-16)17(20)26)24-13-3-1-2-4-13/h5-6,8-10,13H,1-4H2,(H2,20,26)(H,21,24). The molecule has 0 radical (unpaired) electrons. The molecule has 0 bridgehead atoms. The molecule has 0 spiro atoms. The molecule has 0 aliphatic heterocycles. The van der Waals surface area contributed by atoms with E-state index in [-0.39, 0.29) is 0 Å². The van der Waals surface area contributed by atoms with Gasteiger partial charge in [-0.3, -0.25) is 4.79 Å². The van der Waals surface area contributed by atoms with Gasteiger partial charge < -0.3 is 11.1 Å². The lowest BCUT2D eigenvalue weighted by Crippen LogP contribution is -2.20. The Labute approximate surface area is 149 Å². The van der Waals surface area contributed by atoms with Crippen molar-refractivity contribution in [1.29, 1.82) is 5.26 Å². The number of hydrogen-bond acceptors (Lipinski definition) is 6. The third-order valence-electron chi connectivity index (χ3n) is 4.62. The van der Waals surface area contributed by atoms with E-state index < -0.39 is 5.91 Å². The van der Waals surface area contributed by atoms with Gasteiger partial charge in [0.25, 0.3) is 5.91 Å². The molecule has 0 atom stereocenters. The van der Waals surface area contributed by atoms with Gasteiger partial charge in [0.15, 0.2) is 11.5 Å². The Hall–Kier alpha value is -3.47. The molecule has 1 saturated carbocycles. The second-order valence-corrected chi connectivity index (χ2v) is 6.38. The summed E-state index contributed by atoms with van der Waals surface area (Å²) in [5, 5.41) is 17.5. The van der Waals surface area contributed by atoms with Crippen molar-refractivity contribution in [3.8, 4) is 11.9 Å². The molecule has 130 valence electrons. The number of amides is 1. The highest BCUT2D eigenvalue weighted by molar-refractivity contribution is 5.98. The molecule has 8 nitrogen and oxygen atoms in total. The predicted octanol–water partition coefficient (Wildman–Crippen LogP) is 2.14. The molecule has 3 aromatic rings. The zero-order valence-electron chi connectivity index (χ0n) is 14.0. The molecule has 8 heteroatoms. The third-order valence-corrected chi connectivity index (χ3v) is 4.62. The fourth-order valence-corrected chi connectivity index (χ4v) is 3.32. The van der Waals surface area contributed by atoms with Gasteiger partial charge in [-0.15, -0.1) is 0 Å². The molecule has 0 unspecified atom stereocenters. The maximum atomic E-state index is 11.8. The van der Waals surface area contributed by atoms with Crippen molar-refractivity contribution < 1.29 is 4.79 Å². The minimum atomic E-state index is -0.522. The van der Waals surface area contributed by atoms with Gasteiger partial charge in [-0.25, -0.2) is 9.97 Å². The Morgan fingerprint density at radius 2 is 2.04 bits per heavy atom. The van der Waals surface area contributed by atoms with E-state index in [0.717, 1.165) is 18.2 Å². The Morgan fingerprint density at radius 3 is 2.77 bits per heavy atom. The molecule has 0 aromatic carbocycles. The zero-order valence-corrected chi connectivity index (χ0v) is 14.0. The summed E-state index contributed by atoms with van der Waals surface area (Å²) in [6.07, 6.45) is 9.09. The van der Waals surface area contributed by atoms with E-state index in [1.54, 1.807) is 23.0 Å². The van der Waals surface area contributed by atoms with E-state index in [1.165, 1.54) is 25.2 Å². The van der Waals surface area contributed by atoms with Gasteiger partial charge in [0.1, 0.15) is 6.07 Å². The van der Waals surface area contributed by atoms with Crippen LogP contribution in [0.25, 0.3) is 16.9 Å². The van der Waals surface area contributed by atoms with E-state index in [2.05, 4.69) is 26.5 Å². The second-order valence-electron chi connectivity index (χ2n) is 6.38. The van der Waals surface area contributed by atoms with Crippen LogP contribution in [0.5, 0.6) is 0 Å². The maximum Gasteiger partial charge on any atom is 0.252 e. The lowest BCUT2D eigenvalue weighted by Gasteiger charge is -2.16. The number of carbonyl (C=O) groups is 1. The first-order valence-electron chi connectivity index (χ1n) is 8.46. The molecule has 3 heterocycles. The fourth-order valence-electron chi connectivity index (χ4n) is 3.32. The van der Waals surface area contributed by atoms with Crippen LogP contribution in [0.1, 0.15) is 41.6 Å². The van der Waals surface area contributed by atoms with Crippen LogP contribution in [0.15, 0.2) is 30.7 Å². The molecule has 4 rings (SSSR count). The minimum absolute atomic E-state index is 0.328. The molecular weight excluding hydrogens is 330 g/mol. The normalized spacial score (nSPS) is 14.4. The van der Waals surface area contributed by atoms with Crippen LogP contribution in [0.4, 0.5) is 5.69 Å². The largest absolute Gasteiger partial charge is 0.382 e. The monoisotopic (exact) mass is 347 g/mol. The minimum Gasteiger partial charge on any atom is -0.382 e. The van der Waals surface area contributed by atoms with E-state index in [4.69, 9.17) is 11.0 Å². The van der Waals surface area contributed by atoms with Gasteiger partial charge in [-0.2, -0.15) is 15.0 Å². The van der Waals surface area contributed by atoms with Crippen molar-refractivity contribution in [2.45, 2.75) is 31.7 Å². The maximum absolute atomic E-state index is 11.8. The van der Waals surface area contributed by atoms with Gasteiger partial charge in [0.05, 0.1) is 23.0 Å². The third kappa shape index (κ3) is 2.84.